The van der Waals surface area contributed by atoms with Crippen LogP contribution in [0.5, 0.6) is 0 Å². The van der Waals surface area contributed by atoms with Gasteiger partial charge in [0.15, 0.2) is 0 Å². The lowest BCUT2D eigenvalue weighted by molar-refractivity contribution is -0.0402. The van der Waals surface area contributed by atoms with E-state index in [1.165, 1.54) is 16.5 Å². The Morgan fingerprint density at radius 2 is 1.93 bits per heavy atom. The summed E-state index contributed by atoms with van der Waals surface area (Å²) in [5, 5.41) is 1.20. The fourth-order valence-corrected chi connectivity index (χ4v) is 5.48. The Hall–Kier alpha value is -1.83. The standard InChI is InChI=1S/C21H26N4O2S/c1-12(2)16-14-10-27-21(3,4)9-13(14)15-17-18(28-20(15)24-16)19(23-11-22-17)25-5-7-26-8-6-25/h11-12H,5-10H2,1-4H3. The molecule has 0 aromatic carbocycles. The molecule has 5 heterocycles. The van der Waals surface area contributed by atoms with Crippen molar-refractivity contribution in [1.29, 1.82) is 0 Å². The van der Waals surface area contributed by atoms with Gasteiger partial charge in [0, 0.05) is 30.5 Å². The van der Waals surface area contributed by atoms with E-state index in [1.807, 2.05) is 0 Å². The normalized spacial score (nSPS) is 19.5. The fraction of sp³-hybridized carbons (Fsp3) is 0.571. The monoisotopic (exact) mass is 398 g/mol. The van der Waals surface area contributed by atoms with Crippen molar-refractivity contribution in [2.45, 2.75) is 52.2 Å². The van der Waals surface area contributed by atoms with E-state index >= 15 is 0 Å². The Kier molecular flexibility index (Phi) is 4.30. The minimum absolute atomic E-state index is 0.177. The molecular weight excluding hydrogens is 372 g/mol. The van der Waals surface area contributed by atoms with Crippen LogP contribution in [0.1, 0.15) is 50.4 Å². The molecule has 0 radical (unpaired) electrons. The van der Waals surface area contributed by atoms with E-state index in [9.17, 15) is 0 Å². The van der Waals surface area contributed by atoms with Crippen LogP contribution in [0, 0.1) is 0 Å². The SMILES string of the molecule is CC(C)c1nc2sc3c(N4CCOCC4)ncnc3c2c2c1COC(C)(C)C2. The minimum Gasteiger partial charge on any atom is -0.378 e. The van der Waals surface area contributed by atoms with Crippen LogP contribution in [0.4, 0.5) is 5.82 Å². The average molecular weight is 399 g/mol. The van der Waals surface area contributed by atoms with Crippen molar-refractivity contribution in [2.24, 2.45) is 0 Å². The largest absolute Gasteiger partial charge is 0.378 e. The Balaban J connectivity index is 1.79. The summed E-state index contributed by atoms with van der Waals surface area (Å²) in [6, 6.07) is 0. The third kappa shape index (κ3) is 2.88. The molecular formula is C21H26N4O2S. The molecule has 0 N–H and O–H groups in total. The molecule has 7 heteroatoms. The Morgan fingerprint density at radius 3 is 2.68 bits per heavy atom. The molecule has 0 atom stereocenters. The molecule has 2 aliphatic rings. The number of rotatable bonds is 2. The van der Waals surface area contributed by atoms with Gasteiger partial charge in [-0.2, -0.15) is 0 Å². The highest BCUT2D eigenvalue weighted by atomic mass is 32.1. The third-order valence-corrected chi connectivity index (χ3v) is 6.77. The van der Waals surface area contributed by atoms with Gasteiger partial charge in [-0.25, -0.2) is 15.0 Å². The van der Waals surface area contributed by atoms with Crippen molar-refractivity contribution in [1.82, 2.24) is 15.0 Å². The second-order valence-electron chi connectivity index (χ2n) is 8.59. The first kappa shape index (κ1) is 18.2. The van der Waals surface area contributed by atoms with Crippen molar-refractivity contribution >= 4 is 37.6 Å². The summed E-state index contributed by atoms with van der Waals surface area (Å²) in [5.74, 6) is 1.38. The number of aromatic nitrogens is 3. The van der Waals surface area contributed by atoms with Gasteiger partial charge in [0.1, 0.15) is 17.0 Å². The minimum atomic E-state index is -0.177. The smallest absolute Gasteiger partial charge is 0.150 e. The lowest BCUT2D eigenvalue weighted by atomic mass is 9.87. The third-order valence-electron chi connectivity index (χ3n) is 5.70. The molecule has 0 spiro atoms. The van der Waals surface area contributed by atoms with E-state index in [2.05, 4.69) is 37.6 Å². The van der Waals surface area contributed by atoms with Gasteiger partial charge >= 0.3 is 0 Å². The number of ether oxygens (including phenoxy) is 2. The molecule has 6 nitrogen and oxygen atoms in total. The average Bonchev–Trinajstić information content (AvgIpc) is 3.06. The molecule has 5 rings (SSSR count). The molecule has 1 saturated heterocycles. The van der Waals surface area contributed by atoms with Crippen molar-refractivity contribution in [2.75, 3.05) is 31.2 Å². The van der Waals surface area contributed by atoms with Crippen LogP contribution < -0.4 is 4.90 Å². The zero-order valence-corrected chi connectivity index (χ0v) is 17.7. The first-order chi connectivity index (χ1) is 13.4. The van der Waals surface area contributed by atoms with Crippen LogP contribution >= 0.6 is 11.3 Å². The predicted octanol–water partition coefficient (Wildman–Crippen LogP) is 4.05. The van der Waals surface area contributed by atoms with Crippen molar-refractivity contribution in [3.05, 3.63) is 23.1 Å². The number of hydrogen-bond donors (Lipinski definition) is 0. The summed E-state index contributed by atoms with van der Waals surface area (Å²) in [6.45, 7) is 12.6. The summed E-state index contributed by atoms with van der Waals surface area (Å²) >= 11 is 1.73. The molecule has 1 fully saturated rings. The fourth-order valence-electron chi connectivity index (χ4n) is 4.30. The van der Waals surface area contributed by atoms with Gasteiger partial charge in [-0.05, 0) is 25.3 Å². The molecule has 148 valence electrons. The molecule has 0 unspecified atom stereocenters. The van der Waals surface area contributed by atoms with Gasteiger partial charge in [0.05, 0.1) is 41.3 Å². The van der Waals surface area contributed by atoms with E-state index in [-0.39, 0.29) is 5.60 Å². The molecule has 0 bridgehead atoms. The Labute approximate surface area is 168 Å². The van der Waals surface area contributed by atoms with Crippen molar-refractivity contribution in [3.8, 4) is 0 Å². The highest BCUT2D eigenvalue weighted by Crippen LogP contribution is 2.43. The maximum Gasteiger partial charge on any atom is 0.150 e. The second-order valence-corrected chi connectivity index (χ2v) is 9.59. The van der Waals surface area contributed by atoms with E-state index in [4.69, 9.17) is 19.4 Å². The second kappa shape index (κ2) is 6.61. The van der Waals surface area contributed by atoms with Crippen LogP contribution in [0.3, 0.4) is 0 Å². The number of fused-ring (bicyclic) bond motifs is 5. The highest BCUT2D eigenvalue weighted by Gasteiger charge is 2.32. The quantitative estimate of drug-likeness (QED) is 0.649. The molecule has 0 saturated carbocycles. The number of morpholine rings is 1. The Morgan fingerprint density at radius 1 is 1.14 bits per heavy atom. The van der Waals surface area contributed by atoms with E-state index in [1.54, 1.807) is 17.7 Å². The number of nitrogens with zero attached hydrogens (tertiary/aromatic N) is 4. The van der Waals surface area contributed by atoms with Crippen molar-refractivity contribution in [3.63, 3.8) is 0 Å². The summed E-state index contributed by atoms with van der Waals surface area (Å²) in [4.78, 5) is 17.8. The summed E-state index contributed by atoms with van der Waals surface area (Å²) in [6.07, 6.45) is 2.58. The number of anilines is 1. The van der Waals surface area contributed by atoms with Gasteiger partial charge in [-0.15, -0.1) is 11.3 Å². The maximum absolute atomic E-state index is 6.15. The van der Waals surface area contributed by atoms with Crippen molar-refractivity contribution < 1.29 is 9.47 Å². The molecule has 0 aliphatic carbocycles. The van der Waals surface area contributed by atoms with E-state index in [0.717, 1.165) is 59.3 Å². The first-order valence-electron chi connectivity index (χ1n) is 10.00. The zero-order valence-electron chi connectivity index (χ0n) is 16.9. The lowest BCUT2D eigenvalue weighted by Gasteiger charge is -2.33. The first-order valence-corrected chi connectivity index (χ1v) is 10.8. The van der Waals surface area contributed by atoms with E-state index in [0.29, 0.717) is 12.5 Å². The predicted molar refractivity (Wildman–Crippen MR) is 112 cm³/mol. The van der Waals surface area contributed by atoms with Crippen LogP contribution in [-0.4, -0.2) is 46.9 Å². The number of hydrogen-bond acceptors (Lipinski definition) is 7. The lowest BCUT2D eigenvalue weighted by Crippen LogP contribution is -2.36. The summed E-state index contributed by atoms with van der Waals surface area (Å²) < 4.78 is 12.8. The van der Waals surface area contributed by atoms with Crippen LogP contribution in [0.2, 0.25) is 0 Å². The van der Waals surface area contributed by atoms with Gasteiger partial charge in [0.25, 0.3) is 0 Å². The van der Waals surface area contributed by atoms with Crippen LogP contribution in [0.25, 0.3) is 20.4 Å². The van der Waals surface area contributed by atoms with Crippen LogP contribution in [0.15, 0.2) is 6.33 Å². The Bertz CT molecular complexity index is 1050. The van der Waals surface area contributed by atoms with Gasteiger partial charge in [-0.1, -0.05) is 13.8 Å². The summed E-state index contributed by atoms with van der Waals surface area (Å²) in [7, 11) is 0. The van der Waals surface area contributed by atoms with Gasteiger partial charge < -0.3 is 14.4 Å². The topological polar surface area (TPSA) is 60.4 Å². The highest BCUT2D eigenvalue weighted by molar-refractivity contribution is 7.26. The maximum atomic E-state index is 6.15. The molecule has 28 heavy (non-hydrogen) atoms. The van der Waals surface area contributed by atoms with Gasteiger partial charge in [0.2, 0.25) is 0 Å². The number of pyridine rings is 1. The summed E-state index contributed by atoms with van der Waals surface area (Å²) in [5.41, 5.74) is 4.64. The number of thiophene rings is 1. The van der Waals surface area contributed by atoms with Gasteiger partial charge in [-0.3, -0.25) is 0 Å². The molecule has 3 aromatic heterocycles. The molecule has 3 aromatic rings. The molecule has 2 aliphatic heterocycles. The molecule has 0 amide bonds. The van der Waals surface area contributed by atoms with Crippen LogP contribution in [-0.2, 0) is 22.5 Å². The zero-order chi connectivity index (χ0) is 19.5. The van der Waals surface area contributed by atoms with E-state index < -0.39 is 0 Å².